The van der Waals surface area contributed by atoms with Gasteiger partial charge in [0.15, 0.2) is 0 Å². The number of rotatable bonds is 2. The second-order valence-corrected chi connectivity index (χ2v) is 4.28. The Kier molecular flexibility index (Phi) is 4.41. The summed E-state index contributed by atoms with van der Waals surface area (Å²) in [6.07, 6.45) is 4.06. The van der Waals surface area contributed by atoms with Gasteiger partial charge in [0.05, 0.1) is 12.8 Å². The molecule has 0 aliphatic heterocycles. The smallest absolute Gasteiger partial charge is 0.140 e. The van der Waals surface area contributed by atoms with Gasteiger partial charge in [0.1, 0.15) is 11.4 Å². The average molecular weight is 268 g/mol. The van der Waals surface area contributed by atoms with Gasteiger partial charge in [-0.2, -0.15) is 0 Å². The van der Waals surface area contributed by atoms with E-state index in [0.717, 1.165) is 22.7 Å². The Morgan fingerprint density at radius 1 is 1.05 bits per heavy atom. The van der Waals surface area contributed by atoms with Crippen LogP contribution < -0.4 is 4.74 Å². The topological polar surface area (TPSA) is 26.5 Å². The highest BCUT2D eigenvalue weighted by Crippen LogP contribution is 2.22. The molecule has 3 aromatic rings. The van der Waals surface area contributed by atoms with Gasteiger partial charge >= 0.3 is 0 Å². The van der Waals surface area contributed by atoms with E-state index in [1.54, 1.807) is 7.11 Å². The van der Waals surface area contributed by atoms with Gasteiger partial charge in [-0.25, -0.2) is 4.98 Å². The van der Waals surface area contributed by atoms with E-state index in [-0.39, 0.29) is 0 Å². The fraction of sp³-hybridized carbons (Fsp3) is 0.235. The van der Waals surface area contributed by atoms with Gasteiger partial charge in [-0.1, -0.05) is 19.9 Å². The minimum absolute atomic E-state index is 0.860. The maximum absolute atomic E-state index is 5.16. The first kappa shape index (κ1) is 14.1. The van der Waals surface area contributed by atoms with E-state index in [9.17, 15) is 0 Å². The van der Waals surface area contributed by atoms with Crippen LogP contribution in [0.25, 0.3) is 16.9 Å². The van der Waals surface area contributed by atoms with Crippen molar-refractivity contribution in [3.63, 3.8) is 0 Å². The Morgan fingerprint density at radius 3 is 2.35 bits per heavy atom. The van der Waals surface area contributed by atoms with Gasteiger partial charge < -0.3 is 9.14 Å². The molecule has 20 heavy (non-hydrogen) atoms. The molecule has 0 amide bonds. The second kappa shape index (κ2) is 6.24. The van der Waals surface area contributed by atoms with Crippen LogP contribution in [0.4, 0.5) is 0 Å². The molecule has 3 rings (SSSR count). The van der Waals surface area contributed by atoms with Crippen molar-refractivity contribution in [2.45, 2.75) is 20.8 Å². The van der Waals surface area contributed by atoms with Crippen molar-refractivity contribution < 1.29 is 4.74 Å². The van der Waals surface area contributed by atoms with Gasteiger partial charge in [0, 0.05) is 18.0 Å². The highest BCUT2D eigenvalue weighted by atomic mass is 16.5. The van der Waals surface area contributed by atoms with Crippen LogP contribution in [0.15, 0.2) is 48.8 Å². The molecule has 2 aromatic heterocycles. The van der Waals surface area contributed by atoms with Crippen molar-refractivity contribution in [2.24, 2.45) is 0 Å². The maximum atomic E-state index is 5.16. The van der Waals surface area contributed by atoms with Gasteiger partial charge in [-0.15, -0.1) is 0 Å². The molecule has 0 aliphatic carbocycles. The quantitative estimate of drug-likeness (QED) is 0.691. The zero-order valence-electron chi connectivity index (χ0n) is 12.4. The van der Waals surface area contributed by atoms with Gasteiger partial charge in [0.2, 0.25) is 0 Å². The lowest BCUT2D eigenvalue weighted by Crippen LogP contribution is -1.84. The molecule has 1 aromatic carbocycles. The minimum atomic E-state index is 0.860. The van der Waals surface area contributed by atoms with E-state index in [2.05, 4.69) is 22.4 Å². The summed E-state index contributed by atoms with van der Waals surface area (Å²) in [5.41, 5.74) is 4.26. The molecule has 0 N–H and O–H groups in total. The van der Waals surface area contributed by atoms with Crippen LogP contribution >= 0.6 is 0 Å². The number of hydrogen-bond acceptors (Lipinski definition) is 2. The summed E-state index contributed by atoms with van der Waals surface area (Å²) in [5, 5.41) is 0. The fourth-order valence-electron chi connectivity index (χ4n) is 2.05. The summed E-state index contributed by atoms with van der Waals surface area (Å²) >= 11 is 0. The molecule has 104 valence electrons. The molecule has 0 atom stereocenters. The number of aryl methyl sites for hydroxylation is 1. The molecule has 0 radical (unpaired) electrons. The highest BCUT2D eigenvalue weighted by molar-refractivity contribution is 5.64. The number of pyridine rings is 1. The predicted octanol–water partition coefficient (Wildman–Crippen LogP) is 4.34. The zero-order valence-corrected chi connectivity index (χ0v) is 12.4. The number of benzene rings is 1. The summed E-state index contributed by atoms with van der Waals surface area (Å²) in [6, 6.07) is 12.0. The van der Waals surface area contributed by atoms with Gasteiger partial charge in [-0.3, -0.25) is 0 Å². The number of fused-ring (bicyclic) bond motifs is 1. The first-order chi connectivity index (χ1) is 9.78. The fourth-order valence-corrected chi connectivity index (χ4v) is 2.05. The lowest BCUT2D eigenvalue weighted by atomic mass is 10.2. The summed E-state index contributed by atoms with van der Waals surface area (Å²) in [7, 11) is 1.67. The Morgan fingerprint density at radius 2 is 1.75 bits per heavy atom. The Labute approximate surface area is 119 Å². The molecule has 0 aliphatic rings. The number of hydrogen-bond donors (Lipinski definition) is 0. The Hall–Kier alpha value is -2.29. The first-order valence-corrected chi connectivity index (χ1v) is 6.86. The van der Waals surface area contributed by atoms with E-state index >= 15 is 0 Å². The second-order valence-electron chi connectivity index (χ2n) is 4.28. The molecule has 0 saturated heterocycles. The molecule has 0 saturated carbocycles. The summed E-state index contributed by atoms with van der Waals surface area (Å²) < 4.78 is 7.21. The third-order valence-electron chi connectivity index (χ3n) is 3.06. The average Bonchev–Trinajstić information content (AvgIpc) is 2.95. The van der Waals surface area contributed by atoms with Crippen molar-refractivity contribution in [1.82, 2.24) is 9.38 Å². The molecule has 0 unspecified atom stereocenters. The van der Waals surface area contributed by atoms with E-state index < -0.39 is 0 Å². The number of nitrogens with zero attached hydrogens (tertiary/aromatic N) is 2. The number of methoxy groups -OCH3 is 1. The third kappa shape index (κ3) is 2.67. The summed E-state index contributed by atoms with van der Waals surface area (Å²) in [5.74, 6) is 0.860. The van der Waals surface area contributed by atoms with Crippen LogP contribution in [0.3, 0.4) is 0 Å². The molecule has 0 fully saturated rings. The van der Waals surface area contributed by atoms with E-state index in [1.807, 2.05) is 56.6 Å². The van der Waals surface area contributed by atoms with Crippen molar-refractivity contribution in [2.75, 3.05) is 7.11 Å². The van der Waals surface area contributed by atoms with Gasteiger partial charge in [-0.05, 0) is 42.8 Å². The van der Waals surface area contributed by atoms with Crippen molar-refractivity contribution in [3.05, 3.63) is 54.4 Å². The molecule has 0 bridgehead atoms. The van der Waals surface area contributed by atoms with Gasteiger partial charge in [0.25, 0.3) is 0 Å². The van der Waals surface area contributed by atoms with E-state index in [1.165, 1.54) is 5.56 Å². The monoisotopic (exact) mass is 268 g/mol. The highest BCUT2D eigenvalue weighted by Gasteiger charge is 2.05. The molecule has 3 nitrogen and oxygen atoms in total. The Bertz CT molecular complexity index is 684. The van der Waals surface area contributed by atoms with Crippen LogP contribution in [0, 0.1) is 6.92 Å². The van der Waals surface area contributed by atoms with Crippen LogP contribution in [0.2, 0.25) is 0 Å². The minimum Gasteiger partial charge on any atom is -0.497 e. The van der Waals surface area contributed by atoms with Crippen molar-refractivity contribution in [1.29, 1.82) is 0 Å². The van der Waals surface area contributed by atoms with Crippen molar-refractivity contribution in [3.8, 4) is 17.0 Å². The predicted molar refractivity (Wildman–Crippen MR) is 83.3 cm³/mol. The van der Waals surface area contributed by atoms with E-state index in [4.69, 9.17) is 4.74 Å². The van der Waals surface area contributed by atoms with E-state index in [0.29, 0.717) is 0 Å². The van der Waals surface area contributed by atoms with Crippen LogP contribution in [-0.2, 0) is 0 Å². The number of aromatic nitrogens is 2. The molecule has 2 heterocycles. The van der Waals surface area contributed by atoms with Crippen LogP contribution in [-0.4, -0.2) is 16.5 Å². The van der Waals surface area contributed by atoms with Crippen molar-refractivity contribution >= 4 is 5.65 Å². The van der Waals surface area contributed by atoms with Crippen LogP contribution in [0.5, 0.6) is 5.75 Å². The van der Waals surface area contributed by atoms with Crippen LogP contribution in [0.1, 0.15) is 19.4 Å². The lowest BCUT2D eigenvalue weighted by Gasteiger charge is -2.00. The largest absolute Gasteiger partial charge is 0.497 e. The molecular weight excluding hydrogens is 248 g/mol. The first-order valence-electron chi connectivity index (χ1n) is 6.86. The normalized spacial score (nSPS) is 10.0. The third-order valence-corrected chi connectivity index (χ3v) is 3.06. The molecular formula is C17H20N2O. The molecule has 3 heteroatoms. The zero-order chi connectivity index (χ0) is 14.5. The molecule has 0 spiro atoms. The maximum Gasteiger partial charge on any atom is 0.140 e. The Balaban J connectivity index is 0.000000704. The lowest BCUT2D eigenvalue weighted by molar-refractivity contribution is 0.415. The summed E-state index contributed by atoms with van der Waals surface area (Å²) in [6.45, 7) is 6.07. The standard InChI is InChI=1S/C15H14N2O.C2H6/c1-11-4-3-9-17-10-14(16-15(11)17)12-5-7-13(18-2)8-6-12;1-2/h3-10H,1-2H3;1-2H3. The summed E-state index contributed by atoms with van der Waals surface area (Å²) in [4.78, 5) is 4.66. The number of imidazole rings is 1. The number of ether oxygens (including phenoxy) is 1. The SMILES string of the molecule is CC.COc1ccc(-c2cn3cccc(C)c3n2)cc1.